The average Bonchev–Trinajstić information content (AvgIpc) is 3.21. The van der Waals surface area contributed by atoms with Gasteiger partial charge < -0.3 is 13.6 Å². The first-order valence-electron chi connectivity index (χ1n) is 8.16. The largest absolute Gasteiger partial charge is 0.395 e. The van der Waals surface area contributed by atoms with Crippen LogP contribution >= 0.6 is 0 Å². The molecule has 2 fully saturated rings. The second-order valence-corrected chi connectivity index (χ2v) is 9.75. The van der Waals surface area contributed by atoms with E-state index in [-0.39, 0.29) is 0 Å². The van der Waals surface area contributed by atoms with Gasteiger partial charge in [-0.1, -0.05) is 13.8 Å². The molecule has 1 heterocycles. The van der Waals surface area contributed by atoms with Crippen LogP contribution in [0.1, 0.15) is 52.9 Å². The Kier molecular flexibility index (Phi) is 5.87. The molecule has 0 aromatic carbocycles. The van der Waals surface area contributed by atoms with Gasteiger partial charge in [0.25, 0.3) is 0 Å². The molecule has 3 unspecified atom stereocenters. The highest BCUT2D eigenvalue weighted by Crippen LogP contribution is 2.40. The summed E-state index contributed by atoms with van der Waals surface area (Å²) in [4.78, 5) is 0. The van der Waals surface area contributed by atoms with Crippen molar-refractivity contribution in [3.63, 3.8) is 0 Å². The van der Waals surface area contributed by atoms with E-state index >= 15 is 0 Å². The summed E-state index contributed by atoms with van der Waals surface area (Å²) in [6, 6.07) is 2.14. The van der Waals surface area contributed by atoms with Crippen molar-refractivity contribution in [1.29, 1.82) is 0 Å². The third-order valence-corrected chi connectivity index (χ3v) is 8.42. The molecule has 112 valence electrons. The molecule has 1 aliphatic carbocycles. The molecule has 2 aliphatic rings. The molecule has 3 atom stereocenters. The first-order chi connectivity index (χ1) is 9.23. The van der Waals surface area contributed by atoms with Crippen LogP contribution < -0.4 is 0 Å². The summed E-state index contributed by atoms with van der Waals surface area (Å²) < 4.78 is 17.7. The second kappa shape index (κ2) is 7.20. The van der Waals surface area contributed by atoms with Gasteiger partial charge in [-0.3, -0.25) is 0 Å². The molecule has 0 aromatic rings. The second-order valence-electron chi connectivity index (χ2n) is 5.93. The Morgan fingerprint density at radius 3 is 2.47 bits per heavy atom. The molecule has 0 bridgehead atoms. The Labute approximate surface area is 119 Å². The lowest BCUT2D eigenvalue weighted by atomic mass is 9.86. The van der Waals surface area contributed by atoms with E-state index in [0.717, 1.165) is 31.2 Å². The van der Waals surface area contributed by atoms with Crippen LogP contribution in [0.3, 0.4) is 0 Å². The van der Waals surface area contributed by atoms with Crippen molar-refractivity contribution in [3.8, 4) is 0 Å². The van der Waals surface area contributed by atoms with Gasteiger partial charge in [0.05, 0.1) is 12.2 Å². The van der Waals surface area contributed by atoms with Gasteiger partial charge in [-0.05, 0) is 57.0 Å². The van der Waals surface area contributed by atoms with Gasteiger partial charge in [-0.2, -0.15) is 0 Å². The normalized spacial score (nSPS) is 30.2. The first-order valence-corrected chi connectivity index (χ1v) is 10.4. The minimum absolute atomic E-state index is 0.614. The quantitative estimate of drug-likeness (QED) is 0.366. The highest BCUT2D eigenvalue weighted by molar-refractivity contribution is 6.67. The smallest absolute Gasteiger partial charge is 0.337 e. The number of ether oxygens (including phenoxy) is 1. The van der Waals surface area contributed by atoms with Crippen molar-refractivity contribution in [2.75, 3.05) is 13.2 Å². The lowest BCUT2D eigenvalue weighted by Gasteiger charge is -2.28. The van der Waals surface area contributed by atoms with E-state index < -0.39 is 8.56 Å². The number of epoxide rings is 1. The van der Waals surface area contributed by atoms with E-state index in [2.05, 4.69) is 20.8 Å². The van der Waals surface area contributed by atoms with Gasteiger partial charge >= 0.3 is 8.56 Å². The predicted octanol–water partition coefficient (Wildman–Crippen LogP) is 3.87. The van der Waals surface area contributed by atoms with Gasteiger partial charge in [-0.15, -0.1) is 0 Å². The van der Waals surface area contributed by atoms with E-state index in [1.165, 1.54) is 32.1 Å². The van der Waals surface area contributed by atoms with Gasteiger partial charge in [-0.25, -0.2) is 0 Å². The van der Waals surface area contributed by atoms with Crippen molar-refractivity contribution in [2.45, 2.75) is 77.2 Å². The molecule has 0 N–H and O–H groups in total. The van der Waals surface area contributed by atoms with Gasteiger partial charge in [0.2, 0.25) is 0 Å². The SMILES string of the molecule is CCO[Si](CC)(CC)OCCCC1CCC2OC2C1. The van der Waals surface area contributed by atoms with Crippen LogP contribution in [0.5, 0.6) is 0 Å². The third-order valence-electron chi connectivity index (χ3n) is 4.72. The maximum absolute atomic E-state index is 6.18. The zero-order valence-corrected chi connectivity index (χ0v) is 13.8. The van der Waals surface area contributed by atoms with E-state index in [9.17, 15) is 0 Å². The molecule has 3 nitrogen and oxygen atoms in total. The zero-order valence-electron chi connectivity index (χ0n) is 12.8. The standard InChI is InChI=1S/C15H30O3Si/c1-4-16-19(5-2,6-3)17-11-7-8-13-9-10-14-15(12-13)18-14/h13-15H,4-12H2,1-3H3. The van der Waals surface area contributed by atoms with Crippen molar-refractivity contribution in [1.82, 2.24) is 0 Å². The summed E-state index contributed by atoms with van der Waals surface area (Å²) in [5.74, 6) is 0.874. The molecule has 1 aliphatic heterocycles. The zero-order chi connectivity index (χ0) is 13.7. The number of rotatable bonds is 9. The molecule has 0 aromatic heterocycles. The lowest BCUT2D eigenvalue weighted by molar-refractivity contribution is 0.168. The molecular formula is C15H30O3Si. The Bertz CT molecular complexity index is 268. The van der Waals surface area contributed by atoms with Crippen molar-refractivity contribution < 1.29 is 13.6 Å². The monoisotopic (exact) mass is 286 g/mol. The van der Waals surface area contributed by atoms with Gasteiger partial charge in [0, 0.05) is 13.2 Å². The molecule has 4 heteroatoms. The molecule has 0 spiro atoms. The summed E-state index contributed by atoms with van der Waals surface area (Å²) >= 11 is 0. The molecule has 2 rings (SSSR count). The minimum atomic E-state index is -1.86. The van der Waals surface area contributed by atoms with Crippen LogP contribution in [-0.4, -0.2) is 34.0 Å². The van der Waals surface area contributed by atoms with Gasteiger partial charge in [0.1, 0.15) is 0 Å². The van der Waals surface area contributed by atoms with Crippen molar-refractivity contribution in [2.24, 2.45) is 5.92 Å². The highest BCUT2D eigenvalue weighted by atomic mass is 28.4. The molecule has 1 saturated heterocycles. The Morgan fingerprint density at radius 2 is 1.84 bits per heavy atom. The average molecular weight is 286 g/mol. The van der Waals surface area contributed by atoms with Crippen LogP contribution in [-0.2, 0) is 13.6 Å². The van der Waals surface area contributed by atoms with E-state index in [1.54, 1.807) is 0 Å². The maximum Gasteiger partial charge on any atom is 0.337 e. The number of hydrogen-bond donors (Lipinski definition) is 0. The van der Waals surface area contributed by atoms with E-state index in [0.29, 0.717) is 12.2 Å². The molecule has 1 saturated carbocycles. The summed E-state index contributed by atoms with van der Waals surface area (Å²) in [5, 5.41) is 0. The highest BCUT2D eigenvalue weighted by Gasteiger charge is 2.43. The topological polar surface area (TPSA) is 31.0 Å². The van der Waals surface area contributed by atoms with Crippen LogP contribution in [0.2, 0.25) is 12.1 Å². The lowest BCUT2D eigenvalue weighted by Crippen LogP contribution is -2.41. The minimum Gasteiger partial charge on any atom is -0.395 e. The van der Waals surface area contributed by atoms with Gasteiger partial charge in [0.15, 0.2) is 0 Å². The Morgan fingerprint density at radius 1 is 1.05 bits per heavy atom. The summed E-state index contributed by atoms with van der Waals surface area (Å²) in [6.45, 7) is 8.16. The fourth-order valence-corrected chi connectivity index (χ4v) is 5.78. The van der Waals surface area contributed by atoms with Crippen molar-refractivity contribution >= 4 is 8.56 Å². The van der Waals surface area contributed by atoms with Crippen LogP contribution in [0.15, 0.2) is 0 Å². The molecular weight excluding hydrogens is 256 g/mol. The maximum atomic E-state index is 6.18. The molecule has 19 heavy (non-hydrogen) atoms. The number of hydrogen-bond acceptors (Lipinski definition) is 3. The first kappa shape index (κ1) is 15.5. The fourth-order valence-electron chi connectivity index (χ4n) is 3.34. The Balaban J connectivity index is 1.61. The third kappa shape index (κ3) is 4.28. The summed E-state index contributed by atoms with van der Waals surface area (Å²) in [5.41, 5.74) is 0. The van der Waals surface area contributed by atoms with Crippen LogP contribution in [0.25, 0.3) is 0 Å². The van der Waals surface area contributed by atoms with Crippen molar-refractivity contribution in [3.05, 3.63) is 0 Å². The Hall–Kier alpha value is 0.0969. The summed E-state index contributed by atoms with van der Waals surface area (Å²) in [6.07, 6.45) is 7.67. The molecule has 0 radical (unpaired) electrons. The fraction of sp³-hybridized carbons (Fsp3) is 1.00. The van der Waals surface area contributed by atoms with Crippen LogP contribution in [0.4, 0.5) is 0 Å². The summed E-state index contributed by atoms with van der Waals surface area (Å²) in [7, 11) is -1.86. The number of fused-ring (bicyclic) bond motifs is 1. The molecule has 0 amide bonds. The predicted molar refractivity (Wildman–Crippen MR) is 79.5 cm³/mol. The van der Waals surface area contributed by atoms with E-state index in [1.807, 2.05) is 0 Å². The van der Waals surface area contributed by atoms with Crippen LogP contribution in [0, 0.1) is 5.92 Å². The van der Waals surface area contributed by atoms with E-state index in [4.69, 9.17) is 13.6 Å².